The van der Waals surface area contributed by atoms with Crippen molar-refractivity contribution in [1.82, 2.24) is 10.3 Å². The number of nitrogens with one attached hydrogen (secondary N) is 2. The van der Waals surface area contributed by atoms with Crippen LogP contribution in [0.1, 0.15) is 31.9 Å². The molecule has 0 aliphatic rings. The van der Waals surface area contributed by atoms with Crippen molar-refractivity contribution in [2.75, 3.05) is 27.9 Å². The number of H-pyrrole nitrogens is 1. The van der Waals surface area contributed by atoms with Gasteiger partial charge < -0.3 is 34.4 Å². The van der Waals surface area contributed by atoms with Crippen LogP contribution in [-0.4, -0.2) is 49.9 Å². The number of aromatic amines is 1. The normalized spacial score (nSPS) is 10.6. The number of benzene rings is 1. The summed E-state index contributed by atoms with van der Waals surface area (Å²) in [6, 6.07) is 3.47. The molecule has 0 radical (unpaired) electrons. The summed E-state index contributed by atoms with van der Waals surface area (Å²) in [4.78, 5) is 25.8. The van der Waals surface area contributed by atoms with Crippen LogP contribution in [0.5, 0.6) is 23.1 Å². The Kier molecular flexibility index (Phi) is 9.02. The molecule has 0 saturated heterocycles. The summed E-state index contributed by atoms with van der Waals surface area (Å²) in [6.07, 6.45) is 0.843. The van der Waals surface area contributed by atoms with Gasteiger partial charge in [-0.25, -0.2) is 0 Å². The highest BCUT2D eigenvalue weighted by Crippen LogP contribution is 2.48. The van der Waals surface area contributed by atoms with Gasteiger partial charge in [0.25, 0.3) is 0 Å². The molecule has 0 atom stereocenters. The van der Waals surface area contributed by atoms with Crippen molar-refractivity contribution in [3.63, 3.8) is 0 Å². The van der Waals surface area contributed by atoms with Crippen LogP contribution in [0.15, 0.2) is 12.1 Å². The SMILES string of the molecule is CCCC(=O)Oc1[nH]c(CNCCC(=O)O)c(-c2ccc(OC)c(OC)c2OC)c1Cl. The number of aliphatic carboxylic acids is 1. The molecule has 1 aromatic heterocycles. The topological polar surface area (TPSA) is 119 Å². The molecule has 0 spiro atoms. The lowest BCUT2D eigenvalue weighted by Crippen LogP contribution is -2.18. The number of methoxy groups -OCH3 is 3. The minimum absolute atomic E-state index is 0.0399. The first-order valence-electron chi connectivity index (χ1n) is 9.70. The molecule has 170 valence electrons. The Morgan fingerprint density at radius 3 is 2.39 bits per heavy atom. The van der Waals surface area contributed by atoms with Gasteiger partial charge in [0.05, 0.1) is 27.8 Å². The van der Waals surface area contributed by atoms with Crippen LogP contribution >= 0.6 is 11.6 Å². The van der Waals surface area contributed by atoms with Crippen LogP contribution < -0.4 is 24.3 Å². The fourth-order valence-corrected chi connectivity index (χ4v) is 3.36. The van der Waals surface area contributed by atoms with E-state index in [1.165, 1.54) is 21.3 Å². The molecular formula is C21H27ClN2O7. The summed E-state index contributed by atoms with van der Waals surface area (Å²) in [5.74, 6) is 0.0392. The predicted octanol–water partition coefficient (Wildman–Crippen LogP) is 3.63. The number of ether oxygens (including phenoxy) is 4. The number of carboxylic acid groups (broad SMARTS) is 1. The number of aromatic nitrogens is 1. The molecule has 0 aliphatic carbocycles. The van der Waals surface area contributed by atoms with Crippen LogP contribution in [0.2, 0.25) is 5.02 Å². The van der Waals surface area contributed by atoms with E-state index in [0.717, 1.165) is 0 Å². The monoisotopic (exact) mass is 454 g/mol. The molecular weight excluding hydrogens is 428 g/mol. The van der Waals surface area contributed by atoms with Gasteiger partial charge in [-0.3, -0.25) is 9.59 Å². The second kappa shape index (κ2) is 11.5. The standard InChI is InChI=1S/C21H27ClN2O7/c1-5-6-16(27)31-21-18(22)17(13(24-21)11-23-10-9-15(25)26)12-7-8-14(28-2)20(30-4)19(12)29-3/h7-8,23-24H,5-6,9-11H2,1-4H3,(H,25,26). The Balaban J connectivity index is 2.54. The second-order valence-electron chi connectivity index (χ2n) is 6.55. The number of rotatable bonds is 12. The van der Waals surface area contributed by atoms with Crippen LogP contribution in [0.4, 0.5) is 0 Å². The number of hydrogen-bond acceptors (Lipinski definition) is 7. The molecule has 1 heterocycles. The summed E-state index contributed by atoms with van der Waals surface area (Å²) in [6.45, 7) is 2.37. The van der Waals surface area contributed by atoms with E-state index < -0.39 is 11.9 Å². The highest BCUT2D eigenvalue weighted by Gasteiger charge is 2.26. The third-order valence-corrected chi connectivity index (χ3v) is 4.81. The summed E-state index contributed by atoms with van der Waals surface area (Å²) in [7, 11) is 4.51. The van der Waals surface area contributed by atoms with Crippen LogP contribution in [0, 0.1) is 0 Å². The van der Waals surface area contributed by atoms with Crippen LogP contribution in [-0.2, 0) is 16.1 Å². The van der Waals surface area contributed by atoms with Gasteiger partial charge in [-0.2, -0.15) is 0 Å². The molecule has 0 fully saturated rings. The third kappa shape index (κ3) is 5.83. The first-order chi connectivity index (χ1) is 14.9. The minimum Gasteiger partial charge on any atom is -0.493 e. The maximum atomic E-state index is 12.0. The molecule has 0 saturated carbocycles. The van der Waals surface area contributed by atoms with E-state index in [1.54, 1.807) is 12.1 Å². The Bertz CT molecular complexity index is 927. The lowest BCUT2D eigenvalue weighted by atomic mass is 10.0. The number of hydrogen-bond donors (Lipinski definition) is 3. The zero-order valence-corrected chi connectivity index (χ0v) is 18.7. The summed E-state index contributed by atoms with van der Waals surface area (Å²) in [5.41, 5.74) is 1.73. The molecule has 0 bridgehead atoms. The Morgan fingerprint density at radius 2 is 1.81 bits per heavy atom. The fraction of sp³-hybridized carbons (Fsp3) is 0.429. The fourth-order valence-electron chi connectivity index (χ4n) is 3.06. The molecule has 2 rings (SSSR count). The molecule has 0 aliphatic heterocycles. The number of carbonyl (C=O) groups is 2. The van der Waals surface area contributed by atoms with Gasteiger partial charge in [0.1, 0.15) is 5.02 Å². The zero-order valence-electron chi connectivity index (χ0n) is 18.0. The highest BCUT2D eigenvalue weighted by molar-refractivity contribution is 6.35. The maximum Gasteiger partial charge on any atom is 0.312 e. The molecule has 10 heteroatoms. The number of esters is 1. The average molecular weight is 455 g/mol. The van der Waals surface area contributed by atoms with Crippen molar-refractivity contribution in [3.05, 3.63) is 22.8 Å². The van der Waals surface area contributed by atoms with Crippen molar-refractivity contribution in [2.45, 2.75) is 32.7 Å². The summed E-state index contributed by atoms with van der Waals surface area (Å²) in [5, 5.41) is 12.1. The van der Waals surface area contributed by atoms with E-state index in [4.69, 9.17) is 35.7 Å². The van der Waals surface area contributed by atoms with Gasteiger partial charge in [0, 0.05) is 36.3 Å². The number of carboxylic acids is 1. The van der Waals surface area contributed by atoms with Crippen molar-refractivity contribution in [1.29, 1.82) is 0 Å². The van der Waals surface area contributed by atoms with E-state index in [9.17, 15) is 9.59 Å². The van der Waals surface area contributed by atoms with Crippen LogP contribution in [0.25, 0.3) is 11.1 Å². The third-order valence-electron chi connectivity index (χ3n) is 4.45. The molecule has 0 unspecified atom stereocenters. The van der Waals surface area contributed by atoms with Crippen molar-refractivity contribution < 1.29 is 33.6 Å². The quantitative estimate of drug-likeness (QED) is 0.328. The first-order valence-corrected chi connectivity index (χ1v) is 10.1. The van der Waals surface area contributed by atoms with Gasteiger partial charge in [0.15, 0.2) is 11.5 Å². The summed E-state index contributed by atoms with van der Waals surface area (Å²) < 4.78 is 21.8. The molecule has 2 aromatic rings. The van der Waals surface area contributed by atoms with E-state index in [-0.39, 0.29) is 36.8 Å². The van der Waals surface area contributed by atoms with Gasteiger partial charge in [-0.15, -0.1) is 0 Å². The van der Waals surface area contributed by atoms with E-state index >= 15 is 0 Å². The van der Waals surface area contributed by atoms with Crippen LogP contribution in [0.3, 0.4) is 0 Å². The Labute approximate surface area is 185 Å². The number of carbonyl (C=O) groups excluding carboxylic acids is 1. The summed E-state index contributed by atoms with van der Waals surface area (Å²) >= 11 is 6.61. The van der Waals surface area contributed by atoms with Crippen molar-refractivity contribution >= 4 is 23.5 Å². The van der Waals surface area contributed by atoms with Gasteiger partial charge in [0.2, 0.25) is 11.6 Å². The molecule has 1 aromatic carbocycles. The van der Waals surface area contributed by atoms with E-state index in [1.807, 2.05) is 6.92 Å². The highest BCUT2D eigenvalue weighted by atomic mass is 35.5. The van der Waals surface area contributed by atoms with Gasteiger partial charge in [-0.05, 0) is 18.6 Å². The minimum atomic E-state index is -0.909. The molecule has 9 nitrogen and oxygen atoms in total. The lowest BCUT2D eigenvalue weighted by Gasteiger charge is -2.16. The Morgan fingerprint density at radius 1 is 1.10 bits per heavy atom. The second-order valence-corrected chi connectivity index (χ2v) is 6.93. The van der Waals surface area contributed by atoms with Crippen molar-refractivity contribution in [3.8, 4) is 34.3 Å². The average Bonchev–Trinajstić information content (AvgIpc) is 3.04. The molecule has 0 amide bonds. The predicted molar refractivity (Wildman–Crippen MR) is 115 cm³/mol. The zero-order chi connectivity index (χ0) is 23.0. The van der Waals surface area contributed by atoms with E-state index in [2.05, 4.69) is 10.3 Å². The van der Waals surface area contributed by atoms with Crippen molar-refractivity contribution in [2.24, 2.45) is 0 Å². The maximum absolute atomic E-state index is 12.0. The molecule has 3 N–H and O–H groups in total. The largest absolute Gasteiger partial charge is 0.493 e. The van der Waals surface area contributed by atoms with Gasteiger partial charge >= 0.3 is 11.9 Å². The molecule has 31 heavy (non-hydrogen) atoms. The lowest BCUT2D eigenvalue weighted by molar-refractivity contribution is -0.137. The first kappa shape index (κ1) is 24.4. The van der Waals surface area contributed by atoms with Gasteiger partial charge in [-0.1, -0.05) is 18.5 Å². The Hall–Kier alpha value is -2.91. The van der Waals surface area contributed by atoms with E-state index in [0.29, 0.717) is 40.5 Å². The smallest absolute Gasteiger partial charge is 0.312 e. The number of halogens is 1.